The van der Waals surface area contributed by atoms with Crippen molar-refractivity contribution in [2.45, 2.75) is 26.3 Å². The fourth-order valence-corrected chi connectivity index (χ4v) is 3.83. The quantitative estimate of drug-likeness (QED) is 0.477. The highest BCUT2D eigenvalue weighted by atomic mass is 16.5. The molecule has 3 heteroatoms. The van der Waals surface area contributed by atoms with E-state index < -0.39 is 0 Å². The Labute approximate surface area is 159 Å². The molecule has 0 amide bonds. The summed E-state index contributed by atoms with van der Waals surface area (Å²) in [5.74, 6) is -0.270. The summed E-state index contributed by atoms with van der Waals surface area (Å²) >= 11 is 0. The van der Waals surface area contributed by atoms with Crippen LogP contribution in [0.3, 0.4) is 0 Å². The van der Waals surface area contributed by atoms with Gasteiger partial charge in [0.2, 0.25) is 0 Å². The van der Waals surface area contributed by atoms with Crippen LogP contribution in [0.4, 0.5) is 0 Å². The van der Waals surface area contributed by atoms with Crippen LogP contribution in [0.25, 0.3) is 11.1 Å². The first-order valence-corrected chi connectivity index (χ1v) is 9.50. The van der Waals surface area contributed by atoms with Crippen LogP contribution in [-0.4, -0.2) is 17.1 Å². The highest BCUT2D eigenvalue weighted by Gasteiger charge is 2.26. The average Bonchev–Trinajstić information content (AvgIpc) is 3.32. The van der Waals surface area contributed by atoms with Gasteiger partial charge in [0.05, 0.1) is 17.9 Å². The molecule has 0 atom stereocenters. The van der Waals surface area contributed by atoms with Gasteiger partial charge >= 0.3 is 5.97 Å². The number of esters is 1. The minimum Gasteiger partial charge on any atom is -0.462 e. The van der Waals surface area contributed by atoms with Crippen molar-refractivity contribution in [3.8, 4) is 0 Å². The van der Waals surface area contributed by atoms with Crippen molar-refractivity contribution in [3.05, 3.63) is 95.3 Å². The Kier molecular flexibility index (Phi) is 4.93. The van der Waals surface area contributed by atoms with E-state index in [0.29, 0.717) is 12.2 Å². The second-order valence-electron chi connectivity index (χ2n) is 6.67. The maximum atomic E-state index is 13.1. The first kappa shape index (κ1) is 17.3. The minimum absolute atomic E-state index is 0.270. The van der Waals surface area contributed by atoms with E-state index in [2.05, 4.69) is 41.0 Å². The van der Waals surface area contributed by atoms with Crippen LogP contribution in [0.5, 0.6) is 0 Å². The number of ether oxygens (including phenoxy) is 1. The molecule has 0 N–H and O–H groups in total. The largest absolute Gasteiger partial charge is 0.462 e. The topological polar surface area (TPSA) is 31.2 Å². The zero-order valence-corrected chi connectivity index (χ0v) is 15.5. The number of fused-ring (bicyclic) bond motifs is 1. The van der Waals surface area contributed by atoms with E-state index in [-0.39, 0.29) is 5.97 Å². The molecule has 1 aliphatic rings. The third-order valence-corrected chi connectivity index (χ3v) is 5.00. The molecule has 4 rings (SSSR count). The molecular formula is C24H23NO2. The molecule has 0 radical (unpaired) electrons. The number of hydrogen-bond acceptors (Lipinski definition) is 2. The normalized spacial score (nSPS) is 12.5. The van der Waals surface area contributed by atoms with Gasteiger partial charge in [0.15, 0.2) is 0 Å². The standard InChI is InChI=1S/C24H23NO2/c1-2-27-24(26)23(21-16-15-20-14-9-17-25(20)21)22(18-10-5-3-6-11-18)19-12-7-4-8-13-19/h3-8,10-13,15-16H,2,9,14,17H2,1H3. The fraction of sp³-hybridized carbons (Fsp3) is 0.208. The molecule has 0 spiro atoms. The predicted octanol–water partition coefficient (Wildman–Crippen LogP) is 4.96. The van der Waals surface area contributed by atoms with Gasteiger partial charge in [-0.1, -0.05) is 60.7 Å². The lowest BCUT2D eigenvalue weighted by molar-refractivity contribution is -0.136. The average molecular weight is 357 g/mol. The molecule has 0 fully saturated rings. The zero-order valence-electron chi connectivity index (χ0n) is 15.5. The smallest absolute Gasteiger partial charge is 0.340 e. The van der Waals surface area contributed by atoms with Crippen LogP contribution < -0.4 is 0 Å². The Balaban J connectivity index is 2.02. The summed E-state index contributed by atoms with van der Waals surface area (Å²) in [4.78, 5) is 13.1. The number of rotatable bonds is 5. The highest BCUT2D eigenvalue weighted by Crippen LogP contribution is 2.35. The van der Waals surface area contributed by atoms with Gasteiger partial charge in [-0.15, -0.1) is 0 Å². The van der Waals surface area contributed by atoms with Crippen molar-refractivity contribution >= 4 is 17.1 Å². The van der Waals surface area contributed by atoms with E-state index in [0.717, 1.165) is 41.8 Å². The molecule has 2 heterocycles. The SMILES string of the molecule is CCOC(=O)C(=C(c1ccccc1)c1ccccc1)c1ccc2n1CCC2. The molecule has 27 heavy (non-hydrogen) atoms. The van der Waals surface area contributed by atoms with Crippen molar-refractivity contribution in [1.82, 2.24) is 4.57 Å². The van der Waals surface area contributed by atoms with Crippen LogP contribution in [0.1, 0.15) is 35.9 Å². The summed E-state index contributed by atoms with van der Waals surface area (Å²) in [7, 11) is 0. The Morgan fingerprint density at radius 1 is 0.926 bits per heavy atom. The van der Waals surface area contributed by atoms with Crippen molar-refractivity contribution in [3.63, 3.8) is 0 Å². The van der Waals surface area contributed by atoms with Crippen LogP contribution in [-0.2, 0) is 22.5 Å². The van der Waals surface area contributed by atoms with Crippen molar-refractivity contribution in [2.24, 2.45) is 0 Å². The van der Waals surface area contributed by atoms with Crippen LogP contribution >= 0.6 is 0 Å². The molecule has 3 aromatic rings. The second-order valence-corrected chi connectivity index (χ2v) is 6.67. The predicted molar refractivity (Wildman–Crippen MR) is 108 cm³/mol. The molecule has 1 aliphatic heterocycles. The molecule has 0 aliphatic carbocycles. The number of benzene rings is 2. The van der Waals surface area contributed by atoms with Gasteiger partial charge in [-0.2, -0.15) is 0 Å². The van der Waals surface area contributed by atoms with E-state index in [4.69, 9.17) is 4.74 Å². The Hall–Kier alpha value is -3.07. The lowest BCUT2D eigenvalue weighted by Gasteiger charge is -2.17. The molecule has 2 aromatic carbocycles. The molecule has 0 saturated carbocycles. The van der Waals surface area contributed by atoms with Crippen LogP contribution in [0.15, 0.2) is 72.8 Å². The summed E-state index contributed by atoms with van der Waals surface area (Å²) < 4.78 is 7.76. The van der Waals surface area contributed by atoms with Gasteiger partial charge in [-0.05, 0) is 43.0 Å². The van der Waals surface area contributed by atoms with E-state index in [9.17, 15) is 4.79 Å². The highest BCUT2D eigenvalue weighted by molar-refractivity contribution is 6.26. The van der Waals surface area contributed by atoms with Crippen molar-refractivity contribution in [2.75, 3.05) is 6.61 Å². The van der Waals surface area contributed by atoms with Crippen molar-refractivity contribution in [1.29, 1.82) is 0 Å². The number of carbonyl (C=O) groups is 1. The molecular weight excluding hydrogens is 334 g/mol. The van der Waals surface area contributed by atoms with Crippen molar-refractivity contribution < 1.29 is 9.53 Å². The van der Waals surface area contributed by atoms with Crippen LogP contribution in [0.2, 0.25) is 0 Å². The summed E-state index contributed by atoms with van der Waals surface area (Å²) in [5, 5.41) is 0. The first-order valence-electron chi connectivity index (χ1n) is 9.50. The number of nitrogens with zero attached hydrogens (tertiary/aromatic N) is 1. The Morgan fingerprint density at radius 2 is 1.56 bits per heavy atom. The van der Waals surface area contributed by atoms with Gasteiger partial charge < -0.3 is 9.30 Å². The van der Waals surface area contributed by atoms with E-state index >= 15 is 0 Å². The Bertz CT molecular complexity index is 927. The van der Waals surface area contributed by atoms with Gasteiger partial charge in [0, 0.05) is 17.8 Å². The molecule has 0 saturated heterocycles. The third kappa shape index (κ3) is 3.33. The van der Waals surface area contributed by atoms with Crippen LogP contribution in [0, 0.1) is 0 Å². The van der Waals surface area contributed by atoms with E-state index in [1.54, 1.807) is 0 Å². The summed E-state index contributed by atoms with van der Waals surface area (Å²) in [6.07, 6.45) is 2.17. The van der Waals surface area contributed by atoms with Gasteiger partial charge in [0.25, 0.3) is 0 Å². The summed E-state index contributed by atoms with van der Waals surface area (Å²) in [6, 6.07) is 24.4. The monoisotopic (exact) mass is 357 g/mol. The second kappa shape index (κ2) is 7.67. The first-order chi connectivity index (χ1) is 13.3. The lowest BCUT2D eigenvalue weighted by atomic mass is 9.91. The summed E-state index contributed by atoms with van der Waals surface area (Å²) in [6.45, 7) is 3.15. The molecule has 3 nitrogen and oxygen atoms in total. The molecule has 0 unspecified atom stereocenters. The molecule has 1 aromatic heterocycles. The lowest BCUT2D eigenvalue weighted by Crippen LogP contribution is -2.13. The van der Waals surface area contributed by atoms with E-state index in [1.807, 2.05) is 43.3 Å². The number of aryl methyl sites for hydroxylation is 1. The maximum absolute atomic E-state index is 13.1. The minimum atomic E-state index is -0.270. The molecule has 0 bridgehead atoms. The third-order valence-electron chi connectivity index (χ3n) is 5.00. The number of aromatic nitrogens is 1. The fourth-order valence-electron chi connectivity index (χ4n) is 3.83. The van der Waals surface area contributed by atoms with Gasteiger partial charge in [0.1, 0.15) is 0 Å². The van der Waals surface area contributed by atoms with E-state index in [1.165, 1.54) is 5.69 Å². The van der Waals surface area contributed by atoms with Gasteiger partial charge in [-0.25, -0.2) is 4.79 Å². The molecule has 136 valence electrons. The number of hydrogen-bond donors (Lipinski definition) is 0. The number of carbonyl (C=O) groups excluding carboxylic acids is 1. The van der Waals surface area contributed by atoms with Gasteiger partial charge in [-0.3, -0.25) is 0 Å². The maximum Gasteiger partial charge on any atom is 0.340 e. The zero-order chi connectivity index (χ0) is 18.6. The summed E-state index contributed by atoms with van der Waals surface area (Å²) in [5.41, 5.74) is 5.82. The Morgan fingerprint density at radius 3 is 2.15 bits per heavy atom.